The number of rotatable bonds is 23. The lowest BCUT2D eigenvalue weighted by molar-refractivity contribution is 0.390. The van der Waals surface area contributed by atoms with Crippen molar-refractivity contribution in [1.82, 2.24) is 0 Å². The van der Waals surface area contributed by atoms with E-state index in [9.17, 15) is 0 Å². The number of hydrogen-bond donors (Lipinski definition) is 0. The van der Waals surface area contributed by atoms with E-state index in [0.717, 1.165) is 11.8 Å². The molecule has 0 nitrogen and oxygen atoms in total. The molecule has 0 fully saturated rings. The second kappa shape index (κ2) is 23.3. The van der Waals surface area contributed by atoms with Crippen LogP contribution in [0.5, 0.6) is 0 Å². The molecule has 0 aromatic heterocycles. The van der Waals surface area contributed by atoms with Crippen LogP contribution >= 0.6 is 0 Å². The summed E-state index contributed by atoms with van der Waals surface area (Å²) in [4.78, 5) is 0. The Morgan fingerprint density at radius 2 is 0.571 bits per heavy atom. The Hall–Kier alpha value is 0. The molecule has 0 aliphatic heterocycles. The van der Waals surface area contributed by atoms with Crippen LogP contribution in [-0.2, 0) is 0 Å². The summed E-state index contributed by atoms with van der Waals surface area (Å²) in [5.74, 6) is 1.92. The van der Waals surface area contributed by atoms with Crippen molar-refractivity contribution in [2.24, 2.45) is 11.8 Å². The third-order valence-corrected chi connectivity index (χ3v) is 6.74. The van der Waals surface area contributed by atoms with Gasteiger partial charge >= 0.3 is 0 Å². The Labute approximate surface area is 181 Å². The average Bonchev–Trinajstić information content (AvgIpc) is 2.68. The molecule has 0 spiro atoms. The molecule has 0 saturated heterocycles. The summed E-state index contributed by atoms with van der Waals surface area (Å²) in [6.45, 7) is 9.59. The quantitative estimate of drug-likeness (QED) is 0.151. The first-order valence-electron chi connectivity index (χ1n) is 13.7. The van der Waals surface area contributed by atoms with Crippen LogP contribution in [0.15, 0.2) is 0 Å². The topological polar surface area (TPSA) is 0 Å². The van der Waals surface area contributed by atoms with Gasteiger partial charge in [-0.3, -0.25) is 0 Å². The maximum atomic E-state index is 2.49. The first kappa shape index (κ1) is 28.0. The van der Waals surface area contributed by atoms with Crippen LogP contribution in [0.1, 0.15) is 169 Å². The Bertz CT molecular complexity index is 269. The monoisotopic (exact) mass is 394 g/mol. The third kappa shape index (κ3) is 22.3. The van der Waals surface area contributed by atoms with Gasteiger partial charge in [-0.25, -0.2) is 0 Å². The third-order valence-electron chi connectivity index (χ3n) is 6.74. The Morgan fingerprint density at radius 3 is 0.893 bits per heavy atom. The summed E-state index contributed by atoms with van der Waals surface area (Å²) in [5, 5.41) is 0. The van der Waals surface area contributed by atoms with Crippen LogP contribution in [-0.4, -0.2) is 0 Å². The first-order chi connectivity index (χ1) is 13.7. The summed E-state index contributed by atoms with van der Waals surface area (Å²) in [7, 11) is 0. The molecule has 2 atom stereocenters. The van der Waals surface area contributed by atoms with E-state index in [1.54, 1.807) is 0 Å². The fourth-order valence-electron chi connectivity index (χ4n) is 4.53. The van der Waals surface area contributed by atoms with E-state index < -0.39 is 0 Å². The minimum Gasteiger partial charge on any atom is -0.0654 e. The normalized spacial score (nSPS) is 13.7. The van der Waals surface area contributed by atoms with Gasteiger partial charge in [-0.2, -0.15) is 0 Å². The molecule has 0 saturated carbocycles. The Kier molecular flexibility index (Phi) is 23.3. The lowest BCUT2D eigenvalue weighted by atomic mass is 9.92. The van der Waals surface area contributed by atoms with E-state index in [1.807, 2.05) is 0 Å². The van der Waals surface area contributed by atoms with Crippen LogP contribution < -0.4 is 0 Å². The predicted octanol–water partition coefficient (Wildman–Crippen LogP) is 10.9. The highest BCUT2D eigenvalue weighted by Gasteiger charge is 2.06. The lowest BCUT2D eigenvalue weighted by Gasteiger charge is -2.14. The average molecular weight is 395 g/mol. The molecule has 0 rings (SSSR count). The second-order valence-corrected chi connectivity index (χ2v) is 10.0. The van der Waals surface area contributed by atoms with Crippen molar-refractivity contribution in [2.45, 2.75) is 169 Å². The van der Waals surface area contributed by atoms with Crippen molar-refractivity contribution in [3.63, 3.8) is 0 Å². The molecule has 0 N–H and O–H groups in total. The van der Waals surface area contributed by atoms with Crippen LogP contribution in [0.3, 0.4) is 0 Å². The molecule has 170 valence electrons. The maximum Gasteiger partial charge on any atom is -0.0443 e. The highest BCUT2D eigenvalue weighted by molar-refractivity contribution is 4.59. The van der Waals surface area contributed by atoms with E-state index in [0.29, 0.717) is 0 Å². The minimum atomic E-state index is 0.958. The molecular weight excluding hydrogens is 336 g/mol. The minimum absolute atomic E-state index is 0.958. The molecule has 0 heterocycles. The summed E-state index contributed by atoms with van der Waals surface area (Å²) in [6, 6.07) is 0. The van der Waals surface area contributed by atoms with Crippen molar-refractivity contribution in [2.75, 3.05) is 0 Å². The molecule has 2 unspecified atom stereocenters. The number of hydrogen-bond acceptors (Lipinski definition) is 0. The molecule has 0 aromatic carbocycles. The second-order valence-electron chi connectivity index (χ2n) is 10.0. The van der Waals surface area contributed by atoms with Crippen LogP contribution in [0.2, 0.25) is 0 Å². The van der Waals surface area contributed by atoms with Gasteiger partial charge in [0.2, 0.25) is 0 Å². The smallest absolute Gasteiger partial charge is 0.0443 e. The highest BCUT2D eigenvalue weighted by Crippen LogP contribution is 2.22. The fraction of sp³-hybridized carbons (Fsp3) is 1.00. The summed E-state index contributed by atoms with van der Waals surface area (Å²) in [6.07, 6.45) is 32.2. The fourth-order valence-corrected chi connectivity index (χ4v) is 4.53. The van der Waals surface area contributed by atoms with Gasteiger partial charge < -0.3 is 0 Å². The zero-order valence-electron chi connectivity index (χ0n) is 20.7. The van der Waals surface area contributed by atoms with E-state index in [1.165, 1.54) is 141 Å². The zero-order chi connectivity index (χ0) is 20.7. The van der Waals surface area contributed by atoms with Crippen LogP contribution in [0, 0.1) is 11.8 Å². The molecule has 28 heavy (non-hydrogen) atoms. The van der Waals surface area contributed by atoms with E-state index >= 15 is 0 Å². The molecule has 0 aliphatic rings. The largest absolute Gasteiger partial charge is 0.0654 e. The molecule has 0 bridgehead atoms. The van der Waals surface area contributed by atoms with Crippen molar-refractivity contribution in [3.05, 3.63) is 0 Å². The first-order valence-corrected chi connectivity index (χ1v) is 13.7. The highest BCUT2D eigenvalue weighted by atomic mass is 14.1. The van der Waals surface area contributed by atoms with Gasteiger partial charge in [-0.05, 0) is 11.8 Å². The summed E-state index contributed by atoms with van der Waals surface area (Å²) in [5.41, 5.74) is 0. The van der Waals surface area contributed by atoms with Crippen molar-refractivity contribution in [3.8, 4) is 0 Å². The maximum absolute atomic E-state index is 2.49. The lowest BCUT2D eigenvalue weighted by Crippen LogP contribution is -1.99. The molecule has 0 heteroatoms. The van der Waals surface area contributed by atoms with E-state index in [4.69, 9.17) is 0 Å². The Morgan fingerprint density at radius 1 is 0.321 bits per heavy atom. The molecule has 0 radical (unpaired) electrons. The predicted molar refractivity (Wildman–Crippen MR) is 131 cm³/mol. The van der Waals surface area contributed by atoms with Gasteiger partial charge in [-0.15, -0.1) is 0 Å². The van der Waals surface area contributed by atoms with Crippen molar-refractivity contribution >= 4 is 0 Å². The number of unbranched alkanes of at least 4 members (excludes halogenated alkanes) is 15. The Balaban J connectivity index is 3.28. The van der Waals surface area contributed by atoms with Gasteiger partial charge in [0, 0.05) is 0 Å². The van der Waals surface area contributed by atoms with Crippen LogP contribution in [0.4, 0.5) is 0 Å². The summed E-state index contributed by atoms with van der Waals surface area (Å²) >= 11 is 0. The van der Waals surface area contributed by atoms with E-state index in [2.05, 4.69) is 27.7 Å². The van der Waals surface area contributed by atoms with Crippen molar-refractivity contribution < 1.29 is 0 Å². The van der Waals surface area contributed by atoms with E-state index in [-0.39, 0.29) is 0 Å². The van der Waals surface area contributed by atoms with Gasteiger partial charge in [0.05, 0.1) is 0 Å². The molecule has 0 amide bonds. The van der Waals surface area contributed by atoms with Gasteiger partial charge in [0.25, 0.3) is 0 Å². The van der Waals surface area contributed by atoms with Gasteiger partial charge in [0.15, 0.2) is 0 Å². The molecule has 0 aromatic rings. The zero-order valence-corrected chi connectivity index (χ0v) is 20.7. The van der Waals surface area contributed by atoms with Gasteiger partial charge in [0.1, 0.15) is 0 Å². The van der Waals surface area contributed by atoms with Gasteiger partial charge in [-0.1, -0.05) is 169 Å². The standard InChI is InChI=1S/C28H58/c1-5-7-9-11-13-14-15-17-19-21-24-28(4)26-22-25-27(3)23-20-18-16-12-10-8-6-2/h27-28H,5-26H2,1-4H3. The van der Waals surface area contributed by atoms with Crippen LogP contribution in [0.25, 0.3) is 0 Å². The van der Waals surface area contributed by atoms with Crippen molar-refractivity contribution in [1.29, 1.82) is 0 Å². The molecule has 0 aliphatic carbocycles. The summed E-state index contributed by atoms with van der Waals surface area (Å²) < 4.78 is 0. The SMILES string of the molecule is CCCCCCCCCCCCC(C)CCCC(C)CCCCCCCCC. The molecular formula is C28H58.